The molecule has 1 aliphatic rings. The average Bonchev–Trinajstić information content (AvgIpc) is 2.58. The SMILES string of the molecule is CCN1CCN(C(C)C(=O)NCCOc2cccc(C)c2)CC1. The smallest absolute Gasteiger partial charge is 0.237 e. The normalized spacial score (nSPS) is 17.7. The van der Waals surface area contributed by atoms with Gasteiger partial charge >= 0.3 is 0 Å². The summed E-state index contributed by atoms with van der Waals surface area (Å²) in [7, 11) is 0. The summed E-state index contributed by atoms with van der Waals surface area (Å²) in [5.74, 6) is 0.936. The quantitative estimate of drug-likeness (QED) is 0.774. The number of nitrogens with zero attached hydrogens (tertiary/aromatic N) is 2. The molecular formula is C18H29N3O2. The molecule has 0 radical (unpaired) electrons. The fraction of sp³-hybridized carbons (Fsp3) is 0.611. The molecule has 1 aliphatic heterocycles. The minimum Gasteiger partial charge on any atom is -0.492 e. The van der Waals surface area contributed by atoms with E-state index in [0.717, 1.165) is 38.5 Å². The number of rotatable bonds is 7. The Morgan fingerprint density at radius 3 is 2.70 bits per heavy atom. The largest absolute Gasteiger partial charge is 0.492 e. The van der Waals surface area contributed by atoms with E-state index < -0.39 is 0 Å². The van der Waals surface area contributed by atoms with Gasteiger partial charge in [0.05, 0.1) is 12.6 Å². The Kier molecular flexibility index (Phi) is 6.86. The lowest BCUT2D eigenvalue weighted by Crippen LogP contribution is -2.54. The Morgan fingerprint density at radius 1 is 1.30 bits per heavy atom. The maximum atomic E-state index is 12.2. The lowest BCUT2D eigenvalue weighted by atomic mass is 10.2. The first kappa shape index (κ1) is 17.8. The molecule has 0 spiro atoms. The van der Waals surface area contributed by atoms with Crippen molar-refractivity contribution in [3.63, 3.8) is 0 Å². The van der Waals surface area contributed by atoms with Gasteiger partial charge in [-0.25, -0.2) is 0 Å². The summed E-state index contributed by atoms with van der Waals surface area (Å²) in [6.07, 6.45) is 0. The van der Waals surface area contributed by atoms with E-state index in [1.807, 2.05) is 38.1 Å². The van der Waals surface area contributed by atoms with Crippen molar-refractivity contribution in [3.05, 3.63) is 29.8 Å². The molecule has 128 valence electrons. The number of nitrogens with one attached hydrogen (secondary N) is 1. The third-order valence-corrected chi connectivity index (χ3v) is 4.44. The van der Waals surface area contributed by atoms with Crippen molar-refractivity contribution >= 4 is 5.91 Å². The molecule has 5 heteroatoms. The number of hydrogen-bond acceptors (Lipinski definition) is 4. The molecule has 0 saturated carbocycles. The van der Waals surface area contributed by atoms with Crippen molar-refractivity contribution < 1.29 is 9.53 Å². The van der Waals surface area contributed by atoms with Crippen LogP contribution >= 0.6 is 0 Å². The highest BCUT2D eigenvalue weighted by molar-refractivity contribution is 5.81. The molecule has 1 aromatic carbocycles. The van der Waals surface area contributed by atoms with Crippen molar-refractivity contribution in [2.75, 3.05) is 45.9 Å². The Balaban J connectivity index is 1.66. The van der Waals surface area contributed by atoms with Gasteiger partial charge in [-0.3, -0.25) is 9.69 Å². The summed E-state index contributed by atoms with van der Waals surface area (Å²) in [5, 5.41) is 2.97. The Hall–Kier alpha value is -1.59. The molecule has 1 aromatic rings. The Bertz CT molecular complexity index is 499. The molecule has 1 heterocycles. The van der Waals surface area contributed by atoms with Crippen molar-refractivity contribution in [2.45, 2.75) is 26.8 Å². The van der Waals surface area contributed by atoms with Crippen LogP contribution in [0.5, 0.6) is 5.75 Å². The lowest BCUT2D eigenvalue weighted by molar-refractivity contribution is -0.126. The second kappa shape index (κ2) is 8.89. The van der Waals surface area contributed by atoms with Crippen LogP contribution in [-0.2, 0) is 4.79 Å². The van der Waals surface area contributed by atoms with E-state index in [4.69, 9.17) is 4.74 Å². The van der Waals surface area contributed by atoms with E-state index in [2.05, 4.69) is 22.0 Å². The van der Waals surface area contributed by atoms with Crippen molar-refractivity contribution in [2.24, 2.45) is 0 Å². The van der Waals surface area contributed by atoms with Gasteiger partial charge in [0.25, 0.3) is 0 Å². The molecule has 5 nitrogen and oxygen atoms in total. The Labute approximate surface area is 139 Å². The monoisotopic (exact) mass is 319 g/mol. The predicted octanol–water partition coefficient (Wildman–Crippen LogP) is 1.52. The number of hydrogen-bond donors (Lipinski definition) is 1. The second-order valence-corrected chi connectivity index (χ2v) is 6.10. The van der Waals surface area contributed by atoms with Crippen LogP contribution in [0.1, 0.15) is 19.4 Å². The zero-order chi connectivity index (χ0) is 16.7. The van der Waals surface area contributed by atoms with Crippen LogP contribution in [0.3, 0.4) is 0 Å². The number of amides is 1. The van der Waals surface area contributed by atoms with Gasteiger partial charge in [-0.1, -0.05) is 19.1 Å². The molecule has 1 N–H and O–H groups in total. The molecule has 0 bridgehead atoms. The van der Waals surface area contributed by atoms with Crippen LogP contribution in [0.15, 0.2) is 24.3 Å². The number of carbonyl (C=O) groups excluding carboxylic acids is 1. The molecule has 1 unspecified atom stereocenters. The number of carbonyl (C=O) groups is 1. The van der Waals surface area contributed by atoms with Gasteiger partial charge in [0.15, 0.2) is 0 Å². The zero-order valence-electron chi connectivity index (χ0n) is 14.5. The van der Waals surface area contributed by atoms with Crippen LogP contribution in [0.25, 0.3) is 0 Å². The summed E-state index contributed by atoms with van der Waals surface area (Å²) in [6, 6.07) is 7.87. The summed E-state index contributed by atoms with van der Waals surface area (Å²) < 4.78 is 5.66. The summed E-state index contributed by atoms with van der Waals surface area (Å²) in [5.41, 5.74) is 1.17. The van der Waals surface area contributed by atoms with E-state index in [9.17, 15) is 4.79 Å². The number of ether oxygens (including phenoxy) is 1. The highest BCUT2D eigenvalue weighted by Crippen LogP contribution is 2.11. The molecule has 1 amide bonds. The topological polar surface area (TPSA) is 44.8 Å². The van der Waals surface area contributed by atoms with Gasteiger partial charge in [0.2, 0.25) is 5.91 Å². The highest BCUT2D eigenvalue weighted by Gasteiger charge is 2.24. The van der Waals surface area contributed by atoms with Crippen molar-refractivity contribution in [1.82, 2.24) is 15.1 Å². The van der Waals surface area contributed by atoms with Gasteiger partial charge in [-0.2, -0.15) is 0 Å². The van der Waals surface area contributed by atoms with E-state index in [-0.39, 0.29) is 11.9 Å². The molecule has 1 saturated heterocycles. The fourth-order valence-electron chi connectivity index (χ4n) is 2.83. The molecule has 0 aliphatic carbocycles. The molecule has 2 rings (SSSR count). The molecule has 0 aromatic heterocycles. The number of likely N-dealkylation sites (N-methyl/N-ethyl adjacent to an activating group) is 1. The van der Waals surface area contributed by atoms with Gasteiger partial charge < -0.3 is 15.0 Å². The van der Waals surface area contributed by atoms with Gasteiger partial charge in [-0.05, 0) is 38.1 Å². The number of piperazine rings is 1. The van der Waals surface area contributed by atoms with Crippen molar-refractivity contribution in [3.8, 4) is 5.75 Å². The zero-order valence-corrected chi connectivity index (χ0v) is 14.5. The summed E-state index contributed by atoms with van der Waals surface area (Å²) >= 11 is 0. The van der Waals surface area contributed by atoms with Gasteiger partial charge in [-0.15, -0.1) is 0 Å². The van der Waals surface area contributed by atoms with Crippen LogP contribution in [0.4, 0.5) is 0 Å². The molecule has 1 fully saturated rings. The highest BCUT2D eigenvalue weighted by atomic mass is 16.5. The standard InChI is InChI=1S/C18H29N3O2/c1-4-20-9-11-21(12-10-20)16(3)18(22)19-8-13-23-17-7-5-6-15(2)14-17/h5-7,14,16H,4,8-13H2,1-3H3,(H,19,22). The first-order valence-corrected chi connectivity index (χ1v) is 8.53. The van der Waals surface area contributed by atoms with Crippen LogP contribution in [0, 0.1) is 6.92 Å². The van der Waals surface area contributed by atoms with Gasteiger partial charge in [0, 0.05) is 26.2 Å². The Morgan fingerprint density at radius 2 is 2.04 bits per heavy atom. The maximum absolute atomic E-state index is 12.2. The van der Waals surface area contributed by atoms with E-state index in [1.54, 1.807) is 0 Å². The molecule has 1 atom stereocenters. The van der Waals surface area contributed by atoms with E-state index in [1.165, 1.54) is 5.56 Å². The van der Waals surface area contributed by atoms with E-state index in [0.29, 0.717) is 13.2 Å². The van der Waals surface area contributed by atoms with Crippen LogP contribution in [0.2, 0.25) is 0 Å². The second-order valence-electron chi connectivity index (χ2n) is 6.10. The average molecular weight is 319 g/mol. The van der Waals surface area contributed by atoms with Crippen LogP contribution < -0.4 is 10.1 Å². The minimum absolute atomic E-state index is 0.0759. The molecule has 23 heavy (non-hydrogen) atoms. The van der Waals surface area contributed by atoms with Gasteiger partial charge in [0.1, 0.15) is 12.4 Å². The summed E-state index contributed by atoms with van der Waals surface area (Å²) in [4.78, 5) is 16.9. The van der Waals surface area contributed by atoms with E-state index >= 15 is 0 Å². The lowest BCUT2D eigenvalue weighted by Gasteiger charge is -2.36. The fourth-order valence-corrected chi connectivity index (χ4v) is 2.83. The minimum atomic E-state index is -0.0759. The maximum Gasteiger partial charge on any atom is 0.237 e. The number of benzene rings is 1. The third kappa shape index (κ3) is 5.52. The number of aryl methyl sites for hydroxylation is 1. The third-order valence-electron chi connectivity index (χ3n) is 4.44. The molecular weight excluding hydrogens is 290 g/mol. The first-order valence-electron chi connectivity index (χ1n) is 8.53. The summed E-state index contributed by atoms with van der Waals surface area (Å²) in [6.45, 7) is 12.3. The predicted molar refractivity (Wildman–Crippen MR) is 92.8 cm³/mol. The first-order chi connectivity index (χ1) is 11.1. The van der Waals surface area contributed by atoms with Crippen molar-refractivity contribution in [1.29, 1.82) is 0 Å². The van der Waals surface area contributed by atoms with Crippen LogP contribution in [-0.4, -0.2) is 67.6 Å².